The predicted octanol–water partition coefficient (Wildman–Crippen LogP) is 2.66. The number of nitrogens with two attached hydrogens (primary N) is 1. The van der Waals surface area contributed by atoms with Crippen molar-refractivity contribution >= 4 is 28.3 Å². The Hall–Kier alpha value is -2.07. The van der Waals surface area contributed by atoms with E-state index in [0.29, 0.717) is 10.8 Å². The normalized spacial score (nSPS) is 10.9. The van der Waals surface area contributed by atoms with Crippen molar-refractivity contribution in [3.8, 4) is 5.69 Å². The Labute approximate surface area is 103 Å². The predicted molar refractivity (Wildman–Crippen MR) is 68.3 cm³/mol. The SMILES string of the molecule is Nc1ccn(-c2ccc(Cl)c3cccnc23)n1. The average Bonchev–Trinajstić information content (AvgIpc) is 2.77. The monoisotopic (exact) mass is 244 g/mol. The molecule has 3 aromatic rings. The summed E-state index contributed by atoms with van der Waals surface area (Å²) in [4.78, 5) is 4.34. The van der Waals surface area contributed by atoms with Gasteiger partial charge in [-0.2, -0.15) is 5.10 Å². The molecule has 0 aliphatic rings. The molecule has 0 saturated heterocycles. The van der Waals surface area contributed by atoms with E-state index in [0.717, 1.165) is 16.6 Å². The zero-order valence-corrected chi connectivity index (χ0v) is 9.59. The summed E-state index contributed by atoms with van der Waals surface area (Å²) < 4.78 is 1.70. The van der Waals surface area contributed by atoms with E-state index in [2.05, 4.69) is 10.1 Å². The number of nitrogens with zero attached hydrogens (tertiary/aromatic N) is 3. The van der Waals surface area contributed by atoms with Crippen LogP contribution >= 0.6 is 11.6 Å². The van der Waals surface area contributed by atoms with Crippen LogP contribution in [0, 0.1) is 0 Å². The van der Waals surface area contributed by atoms with Crippen molar-refractivity contribution in [2.75, 3.05) is 5.73 Å². The van der Waals surface area contributed by atoms with Gasteiger partial charge in [0.05, 0.1) is 16.2 Å². The largest absolute Gasteiger partial charge is 0.382 e. The molecular formula is C12H9ClN4. The highest BCUT2D eigenvalue weighted by Gasteiger charge is 2.07. The molecule has 2 aromatic heterocycles. The fraction of sp³-hybridized carbons (Fsp3) is 0. The third-order valence-electron chi connectivity index (χ3n) is 2.55. The number of anilines is 1. The number of nitrogen functional groups attached to an aromatic ring is 1. The molecule has 2 heterocycles. The number of hydrogen-bond acceptors (Lipinski definition) is 3. The molecule has 17 heavy (non-hydrogen) atoms. The molecule has 0 atom stereocenters. The maximum atomic E-state index is 6.13. The van der Waals surface area contributed by atoms with E-state index in [-0.39, 0.29) is 0 Å². The third kappa shape index (κ3) is 1.62. The zero-order valence-electron chi connectivity index (χ0n) is 8.84. The van der Waals surface area contributed by atoms with Crippen LogP contribution in [0.15, 0.2) is 42.7 Å². The second-order valence-corrected chi connectivity index (χ2v) is 4.06. The van der Waals surface area contributed by atoms with Crippen molar-refractivity contribution in [2.24, 2.45) is 0 Å². The van der Waals surface area contributed by atoms with Gasteiger partial charge in [-0.1, -0.05) is 11.6 Å². The molecule has 3 rings (SSSR count). The fourth-order valence-electron chi connectivity index (χ4n) is 1.78. The van der Waals surface area contributed by atoms with Gasteiger partial charge in [0.1, 0.15) is 5.82 Å². The summed E-state index contributed by atoms with van der Waals surface area (Å²) in [6, 6.07) is 9.24. The highest BCUT2D eigenvalue weighted by molar-refractivity contribution is 6.35. The molecule has 0 radical (unpaired) electrons. The summed E-state index contributed by atoms with van der Waals surface area (Å²) in [7, 11) is 0. The minimum absolute atomic E-state index is 0.476. The molecule has 0 fully saturated rings. The molecule has 1 aromatic carbocycles. The van der Waals surface area contributed by atoms with Gasteiger partial charge in [-0.3, -0.25) is 4.98 Å². The third-order valence-corrected chi connectivity index (χ3v) is 2.88. The maximum absolute atomic E-state index is 6.13. The van der Waals surface area contributed by atoms with Crippen LogP contribution < -0.4 is 5.73 Å². The van der Waals surface area contributed by atoms with E-state index in [9.17, 15) is 0 Å². The van der Waals surface area contributed by atoms with Crippen molar-refractivity contribution < 1.29 is 0 Å². The number of pyridine rings is 1. The highest BCUT2D eigenvalue weighted by atomic mass is 35.5. The molecule has 0 aliphatic carbocycles. The van der Waals surface area contributed by atoms with Crippen LogP contribution in [0.4, 0.5) is 5.82 Å². The first kappa shape index (κ1) is 10.1. The first-order valence-electron chi connectivity index (χ1n) is 5.10. The number of halogens is 1. The van der Waals surface area contributed by atoms with Crippen molar-refractivity contribution in [2.45, 2.75) is 0 Å². The van der Waals surface area contributed by atoms with Crippen LogP contribution in [0.3, 0.4) is 0 Å². The van der Waals surface area contributed by atoms with Gasteiger partial charge in [-0.25, -0.2) is 4.68 Å². The summed E-state index contributed by atoms with van der Waals surface area (Å²) in [5, 5.41) is 5.75. The van der Waals surface area contributed by atoms with Crippen molar-refractivity contribution in [1.29, 1.82) is 0 Å². The van der Waals surface area contributed by atoms with E-state index in [1.807, 2.05) is 24.3 Å². The van der Waals surface area contributed by atoms with Gasteiger partial charge in [0.15, 0.2) is 0 Å². The van der Waals surface area contributed by atoms with E-state index < -0.39 is 0 Å². The molecule has 0 bridgehead atoms. The minimum Gasteiger partial charge on any atom is -0.382 e. The first-order chi connectivity index (χ1) is 8.25. The maximum Gasteiger partial charge on any atom is 0.145 e. The molecule has 2 N–H and O–H groups in total. The molecule has 4 nitrogen and oxygen atoms in total. The number of benzene rings is 1. The van der Waals surface area contributed by atoms with Crippen molar-refractivity contribution in [1.82, 2.24) is 14.8 Å². The molecule has 0 spiro atoms. The smallest absolute Gasteiger partial charge is 0.145 e. The summed E-state index contributed by atoms with van der Waals surface area (Å²) in [6.07, 6.45) is 3.53. The van der Waals surface area contributed by atoms with E-state index >= 15 is 0 Å². The number of fused-ring (bicyclic) bond motifs is 1. The molecule has 0 aliphatic heterocycles. The lowest BCUT2D eigenvalue weighted by Crippen LogP contribution is -1.98. The Bertz CT molecular complexity index is 690. The van der Waals surface area contributed by atoms with Gasteiger partial charge in [0.2, 0.25) is 0 Å². The number of aromatic nitrogens is 3. The van der Waals surface area contributed by atoms with Crippen LogP contribution in [0.25, 0.3) is 16.6 Å². The van der Waals surface area contributed by atoms with Crippen LogP contribution in [0.1, 0.15) is 0 Å². The fourth-order valence-corrected chi connectivity index (χ4v) is 2.00. The first-order valence-corrected chi connectivity index (χ1v) is 5.48. The summed E-state index contributed by atoms with van der Waals surface area (Å²) in [5.74, 6) is 0.476. The Kier molecular flexibility index (Phi) is 2.23. The van der Waals surface area contributed by atoms with Crippen LogP contribution in [0.2, 0.25) is 5.02 Å². The molecular weight excluding hydrogens is 236 g/mol. The molecule has 84 valence electrons. The van der Waals surface area contributed by atoms with Crippen molar-refractivity contribution in [3.05, 3.63) is 47.7 Å². The Morgan fingerprint density at radius 1 is 1.18 bits per heavy atom. The lowest BCUT2D eigenvalue weighted by molar-refractivity contribution is 0.890. The van der Waals surface area contributed by atoms with Gasteiger partial charge in [0.25, 0.3) is 0 Å². The van der Waals surface area contributed by atoms with Crippen LogP contribution in [-0.4, -0.2) is 14.8 Å². The summed E-state index contributed by atoms with van der Waals surface area (Å²) in [6.45, 7) is 0. The van der Waals surface area contributed by atoms with Crippen molar-refractivity contribution in [3.63, 3.8) is 0 Å². The highest BCUT2D eigenvalue weighted by Crippen LogP contribution is 2.26. The average molecular weight is 245 g/mol. The lowest BCUT2D eigenvalue weighted by Gasteiger charge is -2.06. The Morgan fingerprint density at radius 3 is 2.82 bits per heavy atom. The van der Waals surface area contributed by atoms with Gasteiger partial charge in [-0.05, 0) is 24.3 Å². The second kappa shape index (κ2) is 3.75. The Balaban J connectivity index is 2.34. The van der Waals surface area contributed by atoms with E-state index in [4.69, 9.17) is 17.3 Å². The summed E-state index contributed by atoms with van der Waals surface area (Å²) >= 11 is 6.13. The summed E-state index contributed by atoms with van der Waals surface area (Å²) in [5.41, 5.74) is 7.28. The van der Waals surface area contributed by atoms with Crippen LogP contribution in [-0.2, 0) is 0 Å². The van der Waals surface area contributed by atoms with E-state index in [1.165, 1.54) is 0 Å². The quantitative estimate of drug-likeness (QED) is 0.716. The molecule has 0 saturated carbocycles. The number of rotatable bonds is 1. The second-order valence-electron chi connectivity index (χ2n) is 3.65. The lowest BCUT2D eigenvalue weighted by atomic mass is 10.2. The molecule has 0 amide bonds. The number of hydrogen-bond donors (Lipinski definition) is 1. The van der Waals surface area contributed by atoms with Gasteiger partial charge in [-0.15, -0.1) is 0 Å². The standard InChI is InChI=1S/C12H9ClN4/c13-9-3-4-10(17-7-5-11(14)16-17)12-8(9)2-1-6-15-12/h1-7H,(H2,14,16). The van der Waals surface area contributed by atoms with E-state index in [1.54, 1.807) is 23.1 Å². The van der Waals surface area contributed by atoms with Gasteiger partial charge < -0.3 is 5.73 Å². The minimum atomic E-state index is 0.476. The Morgan fingerprint density at radius 2 is 2.06 bits per heavy atom. The molecule has 0 unspecified atom stereocenters. The zero-order chi connectivity index (χ0) is 11.8. The molecule has 5 heteroatoms. The topological polar surface area (TPSA) is 56.7 Å². The van der Waals surface area contributed by atoms with Gasteiger partial charge >= 0.3 is 0 Å². The van der Waals surface area contributed by atoms with Gasteiger partial charge in [0, 0.05) is 23.8 Å². The van der Waals surface area contributed by atoms with Crippen LogP contribution in [0.5, 0.6) is 0 Å².